The quantitative estimate of drug-likeness (QED) is 0.635. The number of carbonyl (C=O) groups is 2. The Morgan fingerprint density at radius 3 is 2.94 bits per heavy atom. The van der Waals surface area contributed by atoms with Crippen molar-refractivity contribution < 1.29 is 14.3 Å². The Labute approximate surface area is 111 Å². The molecule has 0 unspecified atom stereocenters. The van der Waals surface area contributed by atoms with Gasteiger partial charge in [0.25, 0.3) is 5.91 Å². The van der Waals surface area contributed by atoms with E-state index < -0.39 is 5.97 Å². The van der Waals surface area contributed by atoms with Crippen LogP contribution in [0.25, 0.3) is 6.08 Å². The van der Waals surface area contributed by atoms with Gasteiger partial charge in [-0.2, -0.15) is 0 Å². The summed E-state index contributed by atoms with van der Waals surface area (Å²) >= 11 is 1.53. The molecule has 0 bridgehead atoms. The third-order valence-corrected chi connectivity index (χ3v) is 3.13. The molecule has 1 rings (SSSR count). The minimum Gasteiger partial charge on any atom is -0.452 e. The van der Waals surface area contributed by atoms with Crippen LogP contribution in [0.3, 0.4) is 0 Å². The Morgan fingerprint density at radius 2 is 2.33 bits per heavy atom. The monoisotopic (exact) mass is 267 g/mol. The lowest BCUT2D eigenvalue weighted by Crippen LogP contribution is -2.35. The van der Waals surface area contributed by atoms with Crippen molar-refractivity contribution in [3.63, 3.8) is 0 Å². The van der Waals surface area contributed by atoms with Crippen LogP contribution >= 0.6 is 11.3 Å². The van der Waals surface area contributed by atoms with Crippen LogP contribution in [0.2, 0.25) is 0 Å². The largest absolute Gasteiger partial charge is 0.452 e. The van der Waals surface area contributed by atoms with Crippen LogP contribution in [0.1, 0.15) is 25.1 Å². The number of ether oxygens (including phenoxy) is 1. The maximum Gasteiger partial charge on any atom is 0.331 e. The summed E-state index contributed by atoms with van der Waals surface area (Å²) in [6.45, 7) is 3.63. The molecule has 98 valence electrons. The maximum atomic E-state index is 11.3. The molecule has 0 saturated carbocycles. The first-order valence-electron chi connectivity index (χ1n) is 5.79. The van der Waals surface area contributed by atoms with E-state index in [-0.39, 0.29) is 18.6 Å². The van der Waals surface area contributed by atoms with Crippen molar-refractivity contribution in [3.8, 4) is 0 Å². The first-order chi connectivity index (χ1) is 8.61. The van der Waals surface area contributed by atoms with Gasteiger partial charge in [-0.25, -0.2) is 4.79 Å². The molecule has 1 atom stereocenters. The Morgan fingerprint density at radius 1 is 1.56 bits per heavy atom. The molecule has 0 spiro atoms. The van der Waals surface area contributed by atoms with Crippen molar-refractivity contribution in [2.24, 2.45) is 0 Å². The number of carbonyl (C=O) groups excluding carboxylic acids is 2. The smallest absolute Gasteiger partial charge is 0.331 e. The lowest BCUT2D eigenvalue weighted by molar-refractivity contribution is -0.144. The van der Waals surface area contributed by atoms with Crippen LogP contribution in [-0.4, -0.2) is 24.5 Å². The second kappa shape index (κ2) is 7.66. The van der Waals surface area contributed by atoms with E-state index in [1.54, 1.807) is 6.08 Å². The van der Waals surface area contributed by atoms with Gasteiger partial charge in [-0.15, -0.1) is 11.3 Å². The third-order valence-electron chi connectivity index (χ3n) is 2.29. The summed E-state index contributed by atoms with van der Waals surface area (Å²) in [5.41, 5.74) is 0. The highest BCUT2D eigenvalue weighted by Crippen LogP contribution is 2.09. The average molecular weight is 267 g/mol. The van der Waals surface area contributed by atoms with E-state index >= 15 is 0 Å². The lowest BCUT2D eigenvalue weighted by Gasteiger charge is -2.10. The molecule has 1 amide bonds. The molecule has 0 aliphatic rings. The van der Waals surface area contributed by atoms with E-state index in [9.17, 15) is 9.59 Å². The SMILES string of the molecule is CC[C@H](C)NC(=O)COC(=O)/C=C/c1cccs1. The van der Waals surface area contributed by atoms with Crippen molar-refractivity contribution in [1.82, 2.24) is 5.32 Å². The predicted molar refractivity (Wildman–Crippen MR) is 72.2 cm³/mol. The number of hydrogen-bond donors (Lipinski definition) is 1. The van der Waals surface area contributed by atoms with E-state index in [1.165, 1.54) is 17.4 Å². The molecule has 0 saturated heterocycles. The van der Waals surface area contributed by atoms with Crippen LogP contribution < -0.4 is 5.32 Å². The molecule has 0 fully saturated rings. The molecular formula is C13H17NO3S. The fourth-order valence-corrected chi connectivity index (χ4v) is 1.76. The summed E-state index contributed by atoms with van der Waals surface area (Å²) < 4.78 is 4.81. The summed E-state index contributed by atoms with van der Waals surface area (Å²) in [7, 11) is 0. The topological polar surface area (TPSA) is 55.4 Å². The zero-order valence-electron chi connectivity index (χ0n) is 10.5. The van der Waals surface area contributed by atoms with Crippen molar-refractivity contribution in [1.29, 1.82) is 0 Å². The number of thiophene rings is 1. The summed E-state index contributed by atoms with van der Waals surface area (Å²) in [6.07, 6.45) is 3.83. The molecule has 0 aliphatic heterocycles. The molecule has 1 aromatic heterocycles. The number of esters is 1. The highest BCUT2D eigenvalue weighted by molar-refractivity contribution is 7.10. The number of rotatable bonds is 6. The molecule has 4 nitrogen and oxygen atoms in total. The highest BCUT2D eigenvalue weighted by Gasteiger charge is 2.07. The first-order valence-corrected chi connectivity index (χ1v) is 6.67. The van der Waals surface area contributed by atoms with Gasteiger partial charge in [-0.1, -0.05) is 13.0 Å². The van der Waals surface area contributed by atoms with Gasteiger partial charge >= 0.3 is 5.97 Å². The Hall–Kier alpha value is -1.62. The van der Waals surface area contributed by atoms with E-state index in [0.717, 1.165) is 11.3 Å². The second-order valence-corrected chi connectivity index (χ2v) is 4.81. The van der Waals surface area contributed by atoms with Gasteiger partial charge in [-0.05, 0) is 30.9 Å². The molecule has 1 heterocycles. The molecule has 0 radical (unpaired) electrons. The van der Waals surface area contributed by atoms with Gasteiger partial charge in [0.15, 0.2) is 6.61 Å². The number of nitrogens with one attached hydrogen (secondary N) is 1. The lowest BCUT2D eigenvalue weighted by atomic mass is 10.2. The summed E-state index contributed by atoms with van der Waals surface area (Å²) in [4.78, 5) is 23.6. The van der Waals surface area contributed by atoms with Crippen LogP contribution in [0.5, 0.6) is 0 Å². The second-order valence-electron chi connectivity index (χ2n) is 3.83. The normalized spacial score (nSPS) is 12.3. The number of hydrogen-bond acceptors (Lipinski definition) is 4. The van der Waals surface area contributed by atoms with Crippen molar-refractivity contribution in [2.75, 3.05) is 6.61 Å². The van der Waals surface area contributed by atoms with Gasteiger partial charge in [0, 0.05) is 17.0 Å². The van der Waals surface area contributed by atoms with Crippen LogP contribution in [0, 0.1) is 0 Å². The molecule has 0 aliphatic carbocycles. The van der Waals surface area contributed by atoms with Crippen LogP contribution in [0.15, 0.2) is 23.6 Å². The van der Waals surface area contributed by atoms with E-state index in [0.29, 0.717) is 0 Å². The zero-order valence-corrected chi connectivity index (χ0v) is 11.3. The van der Waals surface area contributed by atoms with Crippen LogP contribution in [0.4, 0.5) is 0 Å². The van der Waals surface area contributed by atoms with Crippen molar-refractivity contribution in [3.05, 3.63) is 28.5 Å². The van der Waals surface area contributed by atoms with E-state index in [4.69, 9.17) is 4.74 Å². The Kier molecular flexibility index (Phi) is 6.14. The Bertz CT molecular complexity index is 412. The standard InChI is InChI=1S/C13H17NO3S/c1-3-10(2)14-12(15)9-17-13(16)7-6-11-5-4-8-18-11/h4-8,10H,3,9H2,1-2H3,(H,14,15)/b7-6+/t10-/m0/s1. The summed E-state index contributed by atoms with van der Waals surface area (Å²) in [5.74, 6) is -0.787. The van der Waals surface area contributed by atoms with E-state index in [1.807, 2.05) is 31.4 Å². The van der Waals surface area contributed by atoms with Gasteiger partial charge in [0.2, 0.25) is 0 Å². The summed E-state index contributed by atoms with van der Waals surface area (Å²) in [5, 5.41) is 4.64. The average Bonchev–Trinajstić information content (AvgIpc) is 2.86. The minimum atomic E-state index is -0.511. The van der Waals surface area contributed by atoms with E-state index in [2.05, 4.69) is 5.32 Å². The molecule has 0 aromatic carbocycles. The van der Waals surface area contributed by atoms with Crippen molar-refractivity contribution in [2.45, 2.75) is 26.3 Å². The number of amides is 1. The van der Waals surface area contributed by atoms with Gasteiger partial charge in [-0.3, -0.25) is 4.79 Å². The molecule has 1 N–H and O–H groups in total. The molecule has 18 heavy (non-hydrogen) atoms. The highest BCUT2D eigenvalue weighted by atomic mass is 32.1. The maximum absolute atomic E-state index is 11.3. The first kappa shape index (κ1) is 14.4. The third kappa shape index (κ3) is 5.63. The fourth-order valence-electron chi connectivity index (χ4n) is 1.14. The fraction of sp³-hybridized carbons (Fsp3) is 0.385. The van der Waals surface area contributed by atoms with Gasteiger partial charge in [0.1, 0.15) is 0 Å². The Balaban J connectivity index is 2.27. The molecular weight excluding hydrogens is 250 g/mol. The molecule has 1 aromatic rings. The zero-order chi connectivity index (χ0) is 13.4. The predicted octanol–water partition coefficient (Wildman–Crippen LogP) is 2.22. The molecule has 5 heteroatoms. The minimum absolute atomic E-state index is 0.0952. The van der Waals surface area contributed by atoms with Crippen LogP contribution in [-0.2, 0) is 14.3 Å². The van der Waals surface area contributed by atoms with Crippen molar-refractivity contribution >= 4 is 29.3 Å². The summed E-state index contributed by atoms with van der Waals surface area (Å²) in [6, 6.07) is 3.89. The van der Waals surface area contributed by atoms with Gasteiger partial charge in [0.05, 0.1) is 0 Å². The van der Waals surface area contributed by atoms with Gasteiger partial charge < -0.3 is 10.1 Å².